The fraction of sp³-hybridized carbons (Fsp3) is 0.455. The van der Waals surface area contributed by atoms with Gasteiger partial charge < -0.3 is 14.6 Å². The summed E-state index contributed by atoms with van der Waals surface area (Å²) in [6, 6.07) is 0. The molecule has 0 fully saturated rings. The molecule has 0 aliphatic heterocycles. The van der Waals surface area contributed by atoms with Gasteiger partial charge in [-0.1, -0.05) is 13.2 Å². The van der Waals surface area contributed by atoms with Crippen LogP contribution >= 0.6 is 0 Å². The van der Waals surface area contributed by atoms with Gasteiger partial charge in [-0.2, -0.15) is 0 Å². The molecule has 1 atom stereocenters. The average Bonchev–Trinajstić information content (AvgIpc) is 2.15. The molecule has 1 N–H and O–H groups in total. The summed E-state index contributed by atoms with van der Waals surface area (Å²) in [7, 11) is 0. The molecule has 0 aliphatic rings. The van der Waals surface area contributed by atoms with E-state index in [1.165, 1.54) is 20.8 Å². The summed E-state index contributed by atoms with van der Waals surface area (Å²) in [5.74, 6) is -1.47. The molecule has 0 heterocycles. The van der Waals surface area contributed by atoms with Gasteiger partial charge in [-0.25, -0.2) is 9.59 Å². The van der Waals surface area contributed by atoms with E-state index in [1.807, 2.05) is 0 Å². The van der Waals surface area contributed by atoms with Crippen molar-refractivity contribution in [2.24, 2.45) is 0 Å². The Morgan fingerprint density at radius 2 is 1.38 bits per heavy atom. The number of rotatable bonds is 5. The van der Waals surface area contributed by atoms with Crippen LogP contribution in [-0.2, 0) is 19.1 Å². The second-order valence-electron chi connectivity index (χ2n) is 3.48. The van der Waals surface area contributed by atoms with Crippen LogP contribution < -0.4 is 0 Å². The summed E-state index contributed by atoms with van der Waals surface area (Å²) in [4.78, 5) is 22.3. The molecule has 16 heavy (non-hydrogen) atoms. The van der Waals surface area contributed by atoms with E-state index in [0.717, 1.165) is 0 Å². The number of aliphatic hydroxyl groups excluding tert-OH is 1. The Hall–Kier alpha value is -1.62. The number of aliphatic hydroxyl groups is 1. The topological polar surface area (TPSA) is 72.8 Å². The first-order valence-electron chi connectivity index (χ1n) is 4.66. The molecular formula is C11H16O5. The molecule has 5 nitrogen and oxygen atoms in total. The van der Waals surface area contributed by atoms with Crippen LogP contribution in [0.1, 0.15) is 20.8 Å². The quantitative estimate of drug-likeness (QED) is 0.430. The van der Waals surface area contributed by atoms with Gasteiger partial charge in [0.25, 0.3) is 6.29 Å². The zero-order valence-corrected chi connectivity index (χ0v) is 9.65. The second-order valence-corrected chi connectivity index (χ2v) is 3.48. The molecule has 0 rings (SSSR count). The number of carbonyl (C=O) groups is 2. The molecule has 90 valence electrons. The highest BCUT2D eigenvalue weighted by molar-refractivity contribution is 5.88. The summed E-state index contributed by atoms with van der Waals surface area (Å²) in [6.45, 7) is 11.0. The molecule has 0 aromatic heterocycles. The van der Waals surface area contributed by atoms with Gasteiger partial charge in [0, 0.05) is 11.1 Å². The third-order valence-electron chi connectivity index (χ3n) is 1.54. The minimum Gasteiger partial charge on any atom is -0.419 e. The van der Waals surface area contributed by atoms with Crippen molar-refractivity contribution < 1.29 is 24.2 Å². The van der Waals surface area contributed by atoms with Gasteiger partial charge in [0.05, 0.1) is 0 Å². The Morgan fingerprint density at radius 1 is 1.06 bits per heavy atom. The van der Waals surface area contributed by atoms with Crippen molar-refractivity contribution >= 4 is 11.9 Å². The van der Waals surface area contributed by atoms with E-state index < -0.39 is 24.3 Å². The summed E-state index contributed by atoms with van der Waals surface area (Å²) >= 11 is 0. The molecule has 1 unspecified atom stereocenters. The van der Waals surface area contributed by atoms with E-state index in [9.17, 15) is 14.7 Å². The Kier molecular flexibility index (Phi) is 5.46. The first kappa shape index (κ1) is 14.4. The number of ether oxygens (including phenoxy) is 2. The SMILES string of the molecule is C=C(C)C(=O)OC(OC(=O)C(=C)C)C(C)O. The van der Waals surface area contributed by atoms with E-state index in [1.54, 1.807) is 0 Å². The van der Waals surface area contributed by atoms with E-state index >= 15 is 0 Å². The van der Waals surface area contributed by atoms with Crippen molar-refractivity contribution in [1.82, 2.24) is 0 Å². The van der Waals surface area contributed by atoms with E-state index in [-0.39, 0.29) is 11.1 Å². The maximum atomic E-state index is 11.2. The highest BCUT2D eigenvalue weighted by Gasteiger charge is 2.24. The van der Waals surface area contributed by atoms with Crippen LogP contribution in [-0.4, -0.2) is 29.4 Å². The van der Waals surface area contributed by atoms with Crippen LogP contribution in [0.2, 0.25) is 0 Å². The number of carbonyl (C=O) groups excluding carboxylic acids is 2. The van der Waals surface area contributed by atoms with Crippen molar-refractivity contribution in [2.45, 2.75) is 33.2 Å². The third-order valence-corrected chi connectivity index (χ3v) is 1.54. The number of hydrogen-bond donors (Lipinski definition) is 1. The normalized spacial score (nSPS) is 11.8. The molecule has 0 amide bonds. The molecule has 0 bridgehead atoms. The zero-order chi connectivity index (χ0) is 12.9. The van der Waals surface area contributed by atoms with Gasteiger partial charge >= 0.3 is 11.9 Å². The van der Waals surface area contributed by atoms with Gasteiger partial charge in [0.2, 0.25) is 0 Å². The molecule has 0 aromatic rings. The van der Waals surface area contributed by atoms with E-state index in [4.69, 9.17) is 9.47 Å². The maximum absolute atomic E-state index is 11.2. The summed E-state index contributed by atoms with van der Waals surface area (Å²) < 4.78 is 9.44. The number of esters is 2. The summed E-state index contributed by atoms with van der Waals surface area (Å²) in [5, 5.41) is 9.26. The highest BCUT2D eigenvalue weighted by atomic mass is 16.7. The smallest absolute Gasteiger partial charge is 0.336 e. The lowest BCUT2D eigenvalue weighted by molar-refractivity contribution is -0.199. The van der Waals surface area contributed by atoms with Crippen LogP contribution in [0.5, 0.6) is 0 Å². The molecule has 0 saturated heterocycles. The predicted molar refractivity (Wildman–Crippen MR) is 57.3 cm³/mol. The van der Waals surface area contributed by atoms with Crippen LogP contribution in [0, 0.1) is 0 Å². The van der Waals surface area contributed by atoms with Gasteiger partial charge in [0.15, 0.2) is 0 Å². The zero-order valence-electron chi connectivity index (χ0n) is 9.65. The molecule has 0 radical (unpaired) electrons. The van der Waals surface area contributed by atoms with Crippen molar-refractivity contribution in [3.05, 3.63) is 24.3 Å². The average molecular weight is 228 g/mol. The fourth-order valence-electron chi connectivity index (χ4n) is 0.633. The van der Waals surface area contributed by atoms with Crippen molar-refractivity contribution in [2.75, 3.05) is 0 Å². The summed E-state index contributed by atoms with van der Waals surface area (Å²) in [5.41, 5.74) is 0.300. The van der Waals surface area contributed by atoms with Crippen molar-refractivity contribution in [1.29, 1.82) is 0 Å². The fourth-order valence-corrected chi connectivity index (χ4v) is 0.633. The predicted octanol–water partition coefficient (Wildman–Crippen LogP) is 0.932. The van der Waals surface area contributed by atoms with Crippen molar-refractivity contribution in [3.63, 3.8) is 0 Å². The van der Waals surface area contributed by atoms with Crippen LogP contribution in [0.3, 0.4) is 0 Å². The third kappa shape index (κ3) is 4.75. The Morgan fingerprint density at radius 3 is 1.56 bits per heavy atom. The highest BCUT2D eigenvalue weighted by Crippen LogP contribution is 2.07. The lowest BCUT2D eigenvalue weighted by atomic mass is 10.3. The largest absolute Gasteiger partial charge is 0.419 e. The van der Waals surface area contributed by atoms with E-state index in [0.29, 0.717) is 0 Å². The minimum atomic E-state index is -1.35. The van der Waals surface area contributed by atoms with Crippen LogP contribution in [0.4, 0.5) is 0 Å². The Labute approximate surface area is 94.4 Å². The van der Waals surface area contributed by atoms with Gasteiger partial charge in [-0.05, 0) is 20.8 Å². The molecule has 0 aliphatic carbocycles. The molecule has 0 spiro atoms. The van der Waals surface area contributed by atoms with Gasteiger partial charge in [0.1, 0.15) is 6.10 Å². The Bertz CT molecular complexity index is 288. The summed E-state index contributed by atoms with van der Waals surface area (Å²) in [6.07, 6.45) is -2.49. The lowest BCUT2D eigenvalue weighted by Crippen LogP contribution is -2.34. The van der Waals surface area contributed by atoms with Crippen LogP contribution in [0.15, 0.2) is 24.3 Å². The molecule has 0 aromatic carbocycles. The van der Waals surface area contributed by atoms with Crippen molar-refractivity contribution in [3.8, 4) is 0 Å². The van der Waals surface area contributed by atoms with E-state index in [2.05, 4.69) is 13.2 Å². The monoisotopic (exact) mass is 228 g/mol. The first-order valence-corrected chi connectivity index (χ1v) is 4.66. The minimum absolute atomic E-state index is 0.150. The van der Waals surface area contributed by atoms with Crippen LogP contribution in [0.25, 0.3) is 0 Å². The van der Waals surface area contributed by atoms with Gasteiger partial charge in [-0.15, -0.1) is 0 Å². The maximum Gasteiger partial charge on any atom is 0.336 e. The first-order chi connectivity index (χ1) is 7.25. The number of hydrogen-bond acceptors (Lipinski definition) is 5. The molecular weight excluding hydrogens is 212 g/mol. The second kappa shape index (κ2) is 6.07. The molecule has 0 saturated carbocycles. The molecule has 5 heteroatoms. The van der Waals surface area contributed by atoms with Gasteiger partial charge in [-0.3, -0.25) is 0 Å². The lowest BCUT2D eigenvalue weighted by Gasteiger charge is -2.20. The standard InChI is InChI=1S/C11H16O5/c1-6(2)9(13)15-11(8(5)12)16-10(14)7(3)4/h8,11-12H,1,3H2,2,4-5H3. The Balaban J connectivity index is 4.52.